The van der Waals surface area contributed by atoms with Gasteiger partial charge in [-0.1, -0.05) is 72.8 Å². The first kappa shape index (κ1) is 55.8. The minimum atomic E-state index is -0.835. The van der Waals surface area contributed by atoms with Crippen LogP contribution in [0.15, 0.2) is 97.1 Å². The van der Waals surface area contributed by atoms with Gasteiger partial charge in [-0.25, -0.2) is 0 Å². The highest BCUT2D eigenvalue weighted by Crippen LogP contribution is 2.37. The van der Waals surface area contributed by atoms with Crippen LogP contribution in [0.2, 0.25) is 0 Å². The lowest BCUT2D eigenvalue weighted by Gasteiger charge is -2.31. The van der Waals surface area contributed by atoms with E-state index in [1.54, 1.807) is 37.7 Å². The van der Waals surface area contributed by atoms with E-state index in [2.05, 4.69) is 57.7 Å². The molecule has 4 aliphatic rings. The third kappa shape index (κ3) is 14.3. The van der Waals surface area contributed by atoms with Gasteiger partial charge in [0.15, 0.2) is 11.6 Å². The van der Waals surface area contributed by atoms with Gasteiger partial charge in [0.25, 0.3) is 0 Å². The lowest BCUT2D eigenvalue weighted by molar-refractivity contribution is -0.141. The molecule has 0 spiro atoms. The Balaban J connectivity index is 0.796. The Labute approximate surface area is 449 Å². The van der Waals surface area contributed by atoms with Crippen LogP contribution in [-0.2, 0) is 54.5 Å². The molecule has 2 aliphatic heterocycles. The van der Waals surface area contributed by atoms with Gasteiger partial charge in [-0.05, 0) is 174 Å². The van der Waals surface area contributed by atoms with Gasteiger partial charge in [-0.3, -0.25) is 28.8 Å². The average molecular weight is 1040 g/mol. The zero-order valence-electron chi connectivity index (χ0n) is 45.2. The predicted molar refractivity (Wildman–Crippen MR) is 294 cm³/mol. The Morgan fingerprint density at radius 2 is 0.921 bits per heavy atom. The minimum absolute atomic E-state index is 0.0985. The van der Waals surface area contributed by atoms with Crippen molar-refractivity contribution in [3.05, 3.63) is 130 Å². The minimum Gasteiger partial charge on any atom is -0.494 e. The molecule has 4 aromatic carbocycles. The Bertz CT molecular complexity index is 2440. The zero-order valence-corrected chi connectivity index (χ0v) is 45.2. The molecule has 14 nitrogen and oxygen atoms in total. The fourth-order valence-corrected chi connectivity index (χ4v) is 11.8. The van der Waals surface area contributed by atoms with Crippen LogP contribution in [0.1, 0.15) is 136 Å². The summed E-state index contributed by atoms with van der Waals surface area (Å²) in [6.07, 6.45) is 11.7. The number of Topliss-reactive ketones (excluding diaryl/α,β-unsaturated/α-hetero) is 2. The summed E-state index contributed by atoms with van der Waals surface area (Å²) in [5, 5.41) is 11.9. The zero-order chi connectivity index (χ0) is 53.6. The number of hydrogen-bond acceptors (Lipinski definition) is 10. The maximum atomic E-state index is 14.3. The number of likely N-dealkylation sites (N-methyl/N-ethyl adjacent to an activating group) is 2. The first-order valence-electron chi connectivity index (χ1n) is 28.1. The van der Waals surface area contributed by atoms with Crippen LogP contribution in [0.25, 0.3) is 0 Å². The molecule has 8 atom stereocenters. The Morgan fingerprint density at radius 3 is 1.32 bits per heavy atom. The quantitative estimate of drug-likeness (QED) is 0.0492. The van der Waals surface area contributed by atoms with Crippen LogP contribution >= 0.6 is 0 Å². The molecule has 406 valence electrons. The van der Waals surface area contributed by atoms with Gasteiger partial charge in [0.2, 0.25) is 23.6 Å². The van der Waals surface area contributed by atoms with Crippen molar-refractivity contribution in [2.45, 2.75) is 165 Å². The molecular weight excluding hydrogens is 957 g/mol. The second-order valence-electron chi connectivity index (χ2n) is 21.5. The van der Waals surface area contributed by atoms with Crippen molar-refractivity contribution >= 4 is 35.2 Å². The molecule has 2 heterocycles. The van der Waals surface area contributed by atoms with Gasteiger partial charge in [-0.2, -0.15) is 0 Å². The second kappa shape index (κ2) is 27.1. The van der Waals surface area contributed by atoms with Crippen molar-refractivity contribution in [1.29, 1.82) is 0 Å². The van der Waals surface area contributed by atoms with Crippen LogP contribution in [0.3, 0.4) is 0 Å². The maximum absolute atomic E-state index is 14.3. The summed E-state index contributed by atoms with van der Waals surface area (Å²) in [5.74, 6) is 0.888. The predicted octanol–water partition coefficient (Wildman–Crippen LogP) is 7.34. The van der Waals surface area contributed by atoms with Crippen LogP contribution in [0.5, 0.6) is 11.5 Å². The number of nitrogens with zero attached hydrogens (tertiary/aromatic N) is 2. The van der Waals surface area contributed by atoms with Crippen LogP contribution < -0.4 is 30.7 Å². The van der Waals surface area contributed by atoms with E-state index in [0.717, 1.165) is 75.3 Å². The van der Waals surface area contributed by atoms with Crippen molar-refractivity contribution in [1.82, 2.24) is 31.1 Å². The molecule has 4 amide bonds. The summed E-state index contributed by atoms with van der Waals surface area (Å²) in [7, 11) is 3.41. The molecule has 0 aromatic heterocycles. The number of hydrogen-bond donors (Lipinski definition) is 4. The molecule has 4 aromatic rings. The number of nitrogens with one attached hydrogen (secondary N) is 4. The van der Waals surface area contributed by atoms with E-state index in [1.807, 2.05) is 60.7 Å². The summed E-state index contributed by atoms with van der Waals surface area (Å²) in [5.41, 5.74) is 6.87. The third-order valence-corrected chi connectivity index (χ3v) is 16.4. The van der Waals surface area contributed by atoms with Crippen LogP contribution in [-0.4, -0.2) is 122 Å². The number of aryl methyl sites for hydroxylation is 2. The molecule has 2 unspecified atom stereocenters. The number of fused-ring (bicyclic) bond motifs is 2. The molecule has 2 saturated heterocycles. The standard InChI is InChI=1S/C62H80N6O8/c1-41(63-3)59(71)65-53(61(73)67-33-13-23-55(67)57(69)39-47-19-11-17-45-15-5-7-21-51(45)47)37-43-25-29-49(30-26-43)75-35-9-10-36-76-50-31-27-44(28-32-50)38-54(66-60(72)42(2)64-4)62(74)68-34-14-24-56(68)58(70)40-48-20-12-18-46-16-6-8-22-52(46)48/h5-8,15-16,21-22,25-32,41-42,47-48,53-56,63-64H,9-14,17-20,23-24,33-40H2,1-4H3,(H,65,71)(H,66,72)/t41-,42-,47-,48-,53-,54-,55?,56?/m0/s1. The topological polar surface area (TPSA) is 175 Å². The first-order valence-corrected chi connectivity index (χ1v) is 28.1. The summed E-state index contributed by atoms with van der Waals surface area (Å²) in [6.45, 7) is 5.43. The highest BCUT2D eigenvalue weighted by atomic mass is 16.5. The molecule has 8 rings (SSSR count). The van der Waals surface area contributed by atoms with E-state index >= 15 is 0 Å². The molecule has 0 bridgehead atoms. The van der Waals surface area contributed by atoms with Gasteiger partial charge >= 0.3 is 0 Å². The third-order valence-electron chi connectivity index (χ3n) is 16.4. The second-order valence-corrected chi connectivity index (χ2v) is 21.5. The number of unbranched alkanes of at least 4 members (excludes halogenated alkanes) is 1. The monoisotopic (exact) mass is 1040 g/mol. The fourth-order valence-electron chi connectivity index (χ4n) is 11.8. The molecule has 2 aliphatic carbocycles. The molecule has 76 heavy (non-hydrogen) atoms. The Kier molecular flexibility index (Phi) is 19.9. The number of carbonyl (C=O) groups excluding carboxylic acids is 6. The van der Waals surface area contributed by atoms with Gasteiger partial charge in [0, 0.05) is 38.8 Å². The normalized spacial score (nSPS) is 20.6. The van der Waals surface area contributed by atoms with Crippen LogP contribution in [0, 0.1) is 0 Å². The molecule has 4 N–H and O–H groups in total. The lowest BCUT2D eigenvalue weighted by atomic mass is 9.79. The molecule has 14 heteroatoms. The summed E-state index contributed by atoms with van der Waals surface area (Å²) in [6, 6.07) is 28.3. The van der Waals surface area contributed by atoms with Crippen LogP contribution in [0.4, 0.5) is 0 Å². The smallest absolute Gasteiger partial charge is 0.246 e. The van der Waals surface area contributed by atoms with Crippen molar-refractivity contribution in [2.75, 3.05) is 40.4 Å². The lowest BCUT2D eigenvalue weighted by Crippen LogP contribution is -2.55. The Hall–Kier alpha value is -6.38. The number of likely N-dealkylation sites (tertiary alicyclic amines) is 2. The first-order chi connectivity index (χ1) is 36.9. The van der Waals surface area contributed by atoms with Crippen molar-refractivity contribution < 1.29 is 38.2 Å². The van der Waals surface area contributed by atoms with E-state index in [4.69, 9.17) is 9.47 Å². The highest BCUT2D eigenvalue weighted by molar-refractivity contribution is 5.95. The van der Waals surface area contributed by atoms with Gasteiger partial charge in [0.1, 0.15) is 23.6 Å². The number of rotatable bonds is 25. The fraction of sp³-hybridized carbons (Fsp3) is 0.516. The van der Waals surface area contributed by atoms with Crippen molar-refractivity contribution in [3.8, 4) is 11.5 Å². The molecule has 0 radical (unpaired) electrons. The summed E-state index contributed by atoms with van der Waals surface area (Å²) >= 11 is 0. The van der Waals surface area contributed by atoms with Crippen molar-refractivity contribution in [3.63, 3.8) is 0 Å². The Morgan fingerprint density at radius 1 is 0.526 bits per heavy atom. The van der Waals surface area contributed by atoms with Gasteiger partial charge in [0.05, 0.1) is 37.4 Å². The number of ether oxygens (including phenoxy) is 2. The SMILES string of the molecule is CN[C@@H](C)C(=O)N[C@@H](Cc1ccc(OCCCCOc2ccc(C[C@H](NC(=O)[C@H](C)NC)C(=O)N3CCCC3C(=O)C[C@@H]3CCCc4ccccc43)cc2)cc1)C(=O)N1CCCC1C(=O)C[C@@H]1CCCc2ccccc21. The van der Waals surface area contributed by atoms with E-state index < -0.39 is 36.3 Å². The van der Waals surface area contributed by atoms with E-state index in [9.17, 15) is 28.8 Å². The van der Waals surface area contributed by atoms with E-state index in [1.165, 1.54) is 22.3 Å². The molecule has 2 fully saturated rings. The van der Waals surface area contributed by atoms with Gasteiger partial charge in [-0.15, -0.1) is 0 Å². The molecular formula is C62H80N6O8. The van der Waals surface area contributed by atoms with Gasteiger partial charge < -0.3 is 40.5 Å². The number of carbonyl (C=O) groups is 6. The average Bonchev–Trinajstić information content (AvgIpc) is 4.16. The van der Waals surface area contributed by atoms with E-state index in [-0.39, 0.29) is 59.9 Å². The van der Waals surface area contributed by atoms with Crippen molar-refractivity contribution in [2.24, 2.45) is 0 Å². The highest BCUT2D eigenvalue weighted by Gasteiger charge is 2.41. The number of amides is 4. The number of benzene rings is 4. The largest absolute Gasteiger partial charge is 0.494 e. The maximum Gasteiger partial charge on any atom is 0.246 e. The number of ketones is 2. The molecule has 0 saturated carbocycles. The van der Waals surface area contributed by atoms with E-state index in [0.29, 0.717) is 63.5 Å². The summed E-state index contributed by atoms with van der Waals surface area (Å²) < 4.78 is 12.2. The summed E-state index contributed by atoms with van der Waals surface area (Å²) in [4.78, 5) is 86.3.